The van der Waals surface area contributed by atoms with Gasteiger partial charge in [0.1, 0.15) is 24.0 Å². The summed E-state index contributed by atoms with van der Waals surface area (Å²) in [6.45, 7) is 4.73. The highest BCUT2D eigenvalue weighted by atomic mass is 19.1. The van der Waals surface area contributed by atoms with Crippen molar-refractivity contribution in [1.29, 1.82) is 0 Å². The number of carbonyl (C=O) groups is 1. The molecule has 0 unspecified atom stereocenters. The molecular formula is C20H26FN5O. The maximum atomic E-state index is 13.6. The number of rotatable bonds is 5. The number of hydrogen-bond donors (Lipinski definition) is 0. The van der Waals surface area contributed by atoms with Crippen molar-refractivity contribution >= 4 is 11.7 Å². The molecule has 2 aromatic rings. The molecule has 0 aliphatic carbocycles. The summed E-state index contributed by atoms with van der Waals surface area (Å²) in [5.74, 6) is 0.581. The number of hydrogen-bond acceptors (Lipinski definition) is 5. The van der Waals surface area contributed by atoms with Crippen molar-refractivity contribution in [3.8, 4) is 0 Å². The standard InChI is InChI=1S/C20H26FN5O/c1-4-17-13-18(23-14-22-17)25-8-10-26(11-9-25)20(27)19(24(2)3)15-6-5-7-16(21)12-15/h5-7,12-14,19H,4,8-11H2,1-3H3/t19-/m0/s1. The Hall–Kier alpha value is -2.54. The van der Waals surface area contributed by atoms with E-state index in [1.165, 1.54) is 12.1 Å². The normalized spacial score (nSPS) is 15.9. The zero-order valence-corrected chi connectivity index (χ0v) is 16.1. The molecule has 1 aliphatic heterocycles. The van der Waals surface area contributed by atoms with Crippen LogP contribution in [0.3, 0.4) is 0 Å². The number of amides is 1. The van der Waals surface area contributed by atoms with Gasteiger partial charge in [-0.25, -0.2) is 14.4 Å². The number of piperazine rings is 1. The van der Waals surface area contributed by atoms with Gasteiger partial charge in [-0.15, -0.1) is 0 Å². The highest BCUT2D eigenvalue weighted by Crippen LogP contribution is 2.23. The minimum Gasteiger partial charge on any atom is -0.353 e. The van der Waals surface area contributed by atoms with Gasteiger partial charge < -0.3 is 9.80 Å². The first-order chi connectivity index (χ1) is 13.0. The van der Waals surface area contributed by atoms with Crippen LogP contribution in [-0.4, -0.2) is 65.9 Å². The molecule has 1 atom stereocenters. The van der Waals surface area contributed by atoms with Gasteiger partial charge in [-0.2, -0.15) is 0 Å². The fourth-order valence-electron chi connectivity index (χ4n) is 3.42. The first-order valence-corrected chi connectivity index (χ1v) is 9.26. The maximum absolute atomic E-state index is 13.6. The zero-order valence-electron chi connectivity index (χ0n) is 16.1. The quantitative estimate of drug-likeness (QED) is 0.806. The van der Waals surface area contributed by atoms with E-state index in [2.05, 4.69) is 21.8 Å². The van der Waals surface area contributed by atoms with Crippen molar-refractivity contribution < 1.29 is 9.18 Å². The predicted molar refractivity (Wildman–Crippen MR) is 103 cm³/mol. The third-order valence-electron chi connectivity index (χ3n) is 4.90. The first kappa shape index (κ1) is 19.2. The van der Waals surface area contributed by atoms with Crippen LogP contribution in [0, 0.1) is 5.82 Å². The fraction of sp³-hybridized carbons (Fsp3) is 0.450. The van der Waals surface area contributed by atoms with Crippen LogP contribution in [0.15, 0.2) is 36.7 Å². The van der Waals surface area contributed by atoms with Crippen LogP contribution in [-0.2, 0) is 11.2 Å². The van der Waals surface area contributed by atoms with E-state index in [0.29, 0.717) is 18.7 Å². The largest absolute Gasteiger partial charge is 0.353 e. The van der Waals surface area contributed by atoms with Crippen molar-refractivity contribution in [3.05, 3.63) is 53.7 Å². The van der Waals surface area contributed by atoms with Crippen LogP contribution in [0.4, 0.5) is 10.2 Å². The molecule has 0 radical (unpaired) electrons. The first-order valence-electron chi connectivity index (χ1n) is 9.26. The van der Waals surface area contributed by atoms with Crippen LogP contribution in [0.2, 0.25) is 0 Å². The number of aryl methyl sites for hydroxylation is 1. The van der Waals surface area contributed by atoms with Gasteiger partial charge in [0.15, 0.2) is 0 Å². The molecule has 0 bridgehead atoms. The van der Waals surface area contributed by atoms with Crippen LogP contribution in [0.25, 0.3) is 0 Å². The van der Waals surface area contributed by atoms with Crippen molar-refractivity contribution in [2.24, 2.45) is 0 Å². The molecule has 144 valence electrons. The Labute approximate surface area is 159 Å². The Kier molecular flexibility index (Phi) is 6.01. The average molecular weight is 371 g/mol. The second-order valence-electron chi connectivity index (χ2n) is 6.95. The van der Waals surface area contributed by atoms with Crippen LogP contribution >= 0.6 is 0 Å². The van der Waals surface area contributed by atoms with Crippen molar-refractivity contribution in [2.45, 2.75) is 19.4 Å². The average Bonchev–Trinajstić information content (AvgIpc) is 2.68. The van der Waals surface area contributed by atoms with Gasteiger partial charge in [-0.1, -0.05) is 19.1 Å². The second kappa shape index (κ2) is 8.43. The van der Waals surface area contributed by atoms with Crippen LogP contribution in [0.1, 0.15) is 24.2 Å². The monoisotopic (exact) mass is 371 g/mol. The predicted octanol–water partition coefficient (Wildman–Crippen LogP) is 2.13. The Morgan fingerprint density at radius 2 is 1.93 bits per heavy atom. The molecule has 1 fully saturated rings. The lowest BCUT2D eigenvalue weighted by atomic mass is 10.0. The molecule has 1 aromatic carbocycles. The van der Waals surface area contributed by atoms with Gasteiger partial charge in [0, 0.05) is 37.9 Å². The van der Waals surface area contributed by atoms with E-state index in [1.807, 2.05) is 30.0 Å². The molecule has 1 amide bonds. The minimum atomic E-state index is -0.488. The van der Waals surface area contributed by atoms with Crippen LogP contribution < -0.4 is 4.90 Å². The van der Waals surface area contributed by atoms with Crippen molar-refractivity contribution in [3.63, 3.8) is 0 Å². The molecule has 27 heavy (non-hydrogen) atoms. The van der Waals surface area contributed by atoms with Gasteiger partial charge in [0.25, 0.3) is 0 Å². The summed E-state index contributed by atoms with van der Waals surface area (Å²) in [5, 5.41) is 0. The number of aromatic nitrogens is 2. The van der Waals surface area contributed by atoms with E-state index in [0.717, 1.165) is 31.0 Å². The molecule has 6 nitrogen and oxygen atoms in total. The van der Waals surface area contributed by atoms with E-state index in [4.69, 9.17) is 0 Å². The number of carbonyl (C=O) groups excluding carboxylic acids is 1. The summed E-state index contributed by atoms with van der Waals surface area (Å²) in [5.41, 5.74) is 1.69. The lowest BCUT2D eigenvalue weighted by Crippen LogP contribution is -2.51. The van der Waals surface area contributed by atoms with Crippen molar-refractivity contribution in [2.75, 3.05) is 45.2 Å². The Morgan fingerprint density at radius 3 is 2.56 bits per heavy atom. The minimum absolute atomic E-state index is 0.00202. The fourth-order valence-corrected chi connectivity index (χ4v) is 3.42. The van der Waals surface area contributed by atoms with Gasteiger partial charge in [-0.05, 0) is 38.2 Å². The van der Waals surface area contributed by atoms with Crippen molar-refractivity contribution in [1.82, 2.24) is 19.8 Å². The number of likely N-dealkylation sites (N-methyl/N-ethyl adjacent to an activating group) is 1. The van der Waals surface area contributed by atoms with Gasteiger partial charge in [0.05, 0.1) is 0 Å². The Bertz CT molecular complexity index is 789. The maximum Gasteiger partial charge on any atom is 0.244 e. The summed E-state index contributed by atoms with van der Waals surface area (Å²) in [7, 11) is 3.69. The Morgan fingerprint density at radius 1 is 1.19 bits per heavy atom. The molecule has 1 aliphatic rings. The number of nitrogens with zero attached hydrogens (tertiary/aromatic N) is 5. The third-order valence-corrected chi connectivity index (χ3v) is 4.90. The summed E-state index contributed by atoms with van der Waals surface area (Å²) < 4.78 is 13.6. The molecule has 1 aromatic heterocycles. The second-order valence-corrected chi connectivity index (χ2v) is 6.95. The summed E-state index contributed by atoms with van der Waals surface area (Å²) in [6.07, 6.45) is 2.46. The number of anilines is 1. The van der Waals surface area contributed by atoms with E-state index in [9.17, 15) is 9.18 Å². The molecular weight excluding hydrogens is 345 g/mol. The van der Waals surface area contributed by atoms with Gasteiger partial charge >= 0.3 is 0 Å². The summed E-state index contributed by atoms with van der Waals surface area (Å²) in [4.78, 5) is 27.6. The number of halogens is 1. The molecule has 2 heterocycles. The highest BCUT2D eigenvalue weighted by molar-refractivity contribution is 5.83. The van der Waals surface area contributed by atoms with Gasteiger partial charge in [0.2, 0.25) is 5.91 Å². The van der Waals surface area contributed by atoms with E-state index < -0.39 is 6.04 Å². The molecule has 3 rings (SSSR count). The zero-order chi connectivity index (χ0) is 19.4. The van der Waals surface area contributed by atoms with E-state index in [1.54, 1.807) is 18.5 Å². The van der Waals surface area contributed by atoms with E-state index in [-0.39, 0.29) is 11.7 Å². The van der Waals surface area contributed by atoms with E-state index >= 15 is 0 Å². The highest BCUT2D eigenvalue weighted by Gasteiger charge is 2.30. The number of benzene rings is 1. The lowest BCUT2D eigenvalue weighted by Gasteiger charge is -2.38. The molecule has 0 spiro atoms. The smallest absolute Gasteiger partial charge is 0.244 e. The Balaban J connectivity index is 1.69. The molecule has 7 heteroatoms. The third kappa shape index (κ3) is 4.42. The summed E-state index contributed by atoms with van der Waals surface area (Å²) >= 11 is 0. The molecule has 0 N–H and O–H groups in total. The SMILES string of the molecule is CCc1cc(N2CCN(C(=O)[C@H](c3cccc(F)c3)N(C)C)CC2)ncn1. The lowest BCUT2D eigenvalue weighted by molar-refractivity contribution is -0.136. The molecule has 0 saturated carbocycles. The topological polar surface area (TPSA) is 52.6 Å². The van der Waals surface area contributed by atoms with Gasteiger partial charge in [-0.3, -0.25) is 9.69 Å². The molecule has 1 saturated heterocycles. The summed E-state index contributed by atoms with van der Waals surface area (Å²) in [6, 6.07) is 7.80. The van der Waals surface area contributed by atoms with Crippen LogP contribution in [0.5, 0.6) is 0 Å².